The van der Waals surface area contributed by atoms with Gasteiger partial charge < -0.3 is 5.11 Å². The molecular formula is C16H24N2O2S. The van der Waals surface area contributed by atoms with E-state index in [1.807, 2.05) is 11.3 Å². The van der Waals surface area contributed by atoms with Crippen LogP contribution in [0.2, 0.25) is 0 Å². The van der Waals surface area contributed by atoms with Crippen LogP contribution in [0.4, 0.5) is 0 Å². The number of hydrogen-bond acceptors (Lipinski definition) is 4. The predicted octanol–water partition coefficient (Wildman–Crippen LogP) is 2.64. The molecule has 0 bridgehead atoms. The van der Waals surface area contributed by atoms with Crippen molar-refractivity contribution in [3.63, 3.8) is 0 Å². The van der Waals surface area contributed by atoms with Crippen molar-refractivity contribution < 1.29 is 9.90 Å². The molecule has 0 aromatic carbocycles. The Labute approximate surface area is 130 Å². The highest BCUT2D eigenvalue weighted by Gasteiger charge is 2.25. The maximum absolute atomic E-state index is 11.1. The van der Waals surface area contributed by atoms with Crippen LogP contribution >= 0.6 is 11.3 Å². The third kappa shape index (κ3) is 4.05. The fourth-order valence-corrected chi connectivity index (χ4v) is 4.33. The van der Waals surface area contributed by atoms with E-state index in [1.54, 1.807) is 0 Å². The van der Waals surface area contributed by atoms with Gasteiger partial charge in [-0.3, -0.25) is 14.6 Å². The number of aliphatic carboxylic acids is 1. The van der Waals surface area contributed by atoms with Crippen LogP contribution in [-0.2, 0) is 17.9 Å². The Morgan fingerprint density at radius 2 is 1.95 bits per heavy atom. The number of carboxylic acid groups (broad SMARTS) is 1. The van der Waals surface area contributed by atoms with Gasteiger partial charge in [0.05, 0.1) is 5.92 Å². The summed E-state index contributed by atoms with van der Waals surface area (Å²) >= 11 is 1.82. The van der Waals surface area contributed by atoms with Crippen LogP contribution < -0.4 is 0 Å². The lowest BCUT2D eigenvalue weighted by Crippen LogP contribution is -2.37. The van der Waals surface area contributed by atoms with E-state index in [0.717, 1.165) is 32.5 Å². The van der Waals surface area contributed by atoms with Gasteiger partial charge in [-0.05, 0) is 62.3 Å². The molecule has 1 aromatic rings. The molecule has 0 spiro atoms. The van der Waals surface area contributed by atoms with Gasteiger partial charge in [0.25, 0.3) is 0 Å². The summed E-state index contributed by atoms with van der Waals surface area (Å²) in [5, 5.41) is 11.4. The van der Waals surface area contributed by atoms with Gasteiger partial charge in [-0.1, -0.05) is 0 Å². The second kappa shape index (κ2) is 6.90. The highest BCUT2D eigenvalue weighted by molar-refractivity contribution is 7.10. The van der Waals surface area contributed by atoms with Crippen molar-refractivity contribution in [3.05, 3.63) is 21.9 Å². The van der Waals surface area contributed by atoms with E-state index in [2.05, 4.69) is 21.2 Å². The van der Waals surface area contributed by atoms with Crippen molar-refractivity contribution in [2.75, 3.05) is 26.2 Å². The predicted molar refractivity (Wildman–Crippen MR) is 84.5 cm³/mol. The van der Waals surface area contributed by atoms with Crippen molar-refractivity contribution in [2.45, 2.75) is 38.8 Å². The summed E-state index contributed by atoms with van der Waals surface area (Å²) in [7, 11) is 0. The average molecular weight is 308 g/mol. The maximum atomic E-state index is 11.1. The molecule has 3 heterocycles. The molecule has 2 fully saturated rings. The van der Waals surface area contributed by atoms with E-state index >= 15 is 0 Å². The zero-order chi connectivity index (χ0) is 14.7. The first-order chi connectivity index (χ1) is 10.2. The molecule has 2 saturated heterocycles. The van der Waals surface area contributed by atoms with Crippen LogP contribution in [0.5, 0.6) is 0 Å². The zero-order valence-corrected chi connectivity index (χ0v) is 13.3. The summed E-state index contributed by atoms with van der Waals surface area (Å²) < 4.78 is 0. The van der Waals surface area contributed by atoms with E-state index in [0.29, 0.717) is 6.54 Å². The summed E-state index contributed by atoms with van der Waals surface area (Å²) in [5.74, 6) is -0.816. The van der Waals surface area contributed by atoms with E-state index < -0.39 is 5.97 Å². The van der Waals surface area contributed by atoms with Gasteiger partial charge in [0, 0.05) is 24.5 Å². The molecule has 0 aliphatic carbocycles. The summed E-state index contributed by atoms with van der Waals surface area (Å²) in [6, 6.07) is 2.31. The minimum Gasteiger partial charge on any atom is -0.481 e. The third-order valence-corrected chi connectivity index (χ3v) is 5.52. The first kappa shape index (κ1) is 15.0. The highest BCUT2D eigenvalue weighted by Crippen LogP contribution is 2.23. The number of nitrogens with zero attached hydrogens (tertiary/aromatic N) is 2. The van der Waals surface area contributed by atoms with E-state index in [4.69, 9.17) is 5.11 Å². The summed E-state index contributed by atoms with van der Waals surface area (Å²) in [6.07, 6.45) is 4.50. The number of thiophene rings is 1. The first-order valence-electron chi connectivity index (χ1n) is 7.94. The zero-order valence-electron chi connectivity index (χ0n) is 12.5. The molecule has 0 saturated carbocycles. The number of likely N-dealkylation sites (tertiary alicyclic amines) is 2. The highest BCUT2D eigenvalue weighted by atomic mass is 32.1. The molecule has 2 aliphatic heterocycles. The lowest BCUT2D eigenvalue weighted by Gasteiger charge is -2.30. The van der Waals surface area contributed by atoms with Gasteiger partial charge in [0.15, 0.2) is 0 Å². The molecule has 0 amide bonds. The molecule has 5 heteroatoms. The molecule has 1 unspecified atom stereocenters. The van der Waals surface area contributed by atoms with E-state index in [9.17, 15) is 4.79 Å². The normalized spacial score (nSPS) is 24.5. The molecule has 1 N–H and O–H groups in total. The largest absolute Gasteiger partial charge is 0.481 e. The van der Waals surface area contributed by atoms with Crippen LogP contribution in [0.25, 0.3) is 0 Å². The average Bonchev–Trinajstić information content (AvgIpc) is 3.12. The minimum absolute atomic E-state index is 0.178. The second-order valence-corrected chi connectivity index (χ2v) is 7.31. The van der Waals surface area contributed by atoms with Crippen molar-refractivity contribution in [2.24, 2.45) is 5.92 Å². The van der Waals surface area contributed by atoms with Crippen LogP contribution in [0.15, 0.2) is 11.4 Å². The molecular weight excluding hydrogens is 284 g/mol. The Morgan fingerprint density at radius 1 is 1.19 bits per heavy atom. The molecule has 116 valence electrons. The summed E-state index contributed by atoms with van der Waals surface area (Å²) in [4.78, 5) is 17.3. The number of piperidine rings is 1. The van der Waals surface area contributed by atoms with Crippen LogP contribution in [0.1, 0.15) is 36.1 Å². The van der Waals surface area contributed by atoms with Crippen molar-refractivity contribution in [1.82, 2.24) is 9.80 Å². The third-order valence-electron chi connectivity index (χ3n) is 4.55. The fourth-order valence-electron chi connectivity index (χ4n) is 3.41. The van der Waals surface area contributed by atoms with Gasteiger partial charge in [-0.25, -0.2) is 0 Å². The van der Waals surface area contributed by atoms with Crippen molar-refractivity contribution in [1.29, 1.82) is 0 Å². The van der Waals surface area contributed by atoms with Gasteiger partial charge >= 0.3 is 5.97 Å². The first-order valence-corrected chi connectivity index (χ1v) is 8.82. The standard InChI is InChI=1S/C16H24N2O2S/c19-16(20)14-4-3-7-18(10-14)11-15-8-13(12-21-15)9-17-5-1-2-6-17/h8,12,14H,1-7,9-11H2,(H,19,20). The van der Waals surface area contributed by atoms with Gasteiger partial charge in [0.1, 0.15) is 0 Å². The van der Waals surface area contributed by atoms with Crippen molar-refractivity contribution >= 4 is 17.3 Å². The van der Waals surface area contributed by atoms with E-state index in [1.165, 1.54) is 36.4 Å². The topological polar surface area (TPSA) is 43.8 Å². The van der Waals surface area contributed by atoms with Gasteiger partial charge in [-0.15, -0.1) is 11.3 Å². The van der Waals surface area contributed by atoms with Crippen LogP contribution in [-0.4, -0.2) is 47.1 Å². The Morgan fingerprint density at radius 3 is 2.71 bits per heavy atom. The molecule has 4 nitrogen and oxygen atoms in total. The molecule has 1 atom stereocenters. The Hall–Kier alpha value is -0.910. The minimum atomic E-state index is -0.638. The number of rotatable bonds is 5. The van der Waals surface area contributed by atoms with Crippen LogP contribution in [0, 0.1) is 5.92 Å². The smallest absolute Gasteiger partial charge is 0.307 e. The summed E-state index contributed by atoms with van der Waals surface area (Å²) in [6.45, 7) is 6.19. The Bertz CT molecular complexity index is 482. The number of hydrogen-bond donors (Lipinski definition) is 1. The van der Waals surface area contributed by atoms with Crippen LogP contribution in [0.3, 0.4) is 0 Å². The lowest BCUT2D eigenvalue weighted by molar-refractivity contribution is -0.143. The second-order valence-electron chi connectivity index (χ2n) is 6.32. The monoisotopic (exact) mass is 308 g/mol. The molecule has 1 aromatic heterocycles. The number of carbonyl (C=O) groups is 1. The Balaban J connectivity index is 1.52. The SMILES string of the molecule is O=C(O)C1CCCN(Cc2cc(CN3CCCC3)cs2)C1. The molecule has 21 heavy (non-hydrogen) atoms. The summed E-state index contributed by atoms with van der Waals surface area (Å²) in [5.41, 5.74) is 1.42. The van der Waals surface area contributed by atoms with Gasteiger partial charge in [0.2, 0.25) is 0 Å². The quantitative estimate of drug-likeness (QED) is 0.908. The molecule has 0 radical (unpaired) electrons. The number of carboxylic acids is 1. The molecule has 2 aliphatic rings. The molecule has 3 rings (SSSR count). The lowest BCUT2D eigenvalue weighted by atomic mass is 9.98. The van der Waals surface area contributed by atoms with Gasteiger partial charge in [-0.2, -0.15) is 0 Å². The van der Waals surface area contributed by atoms with E-state index in [-0.39, 0.29) is 5.92 Å². The Kier molecular flexibility index (Phi) is 4.93. The fraction of sp³-hybridized carbons (Fsp3) is 0.688. The maximum Gasteiger partial charge on any atom is 0.307 e. The van der Waals surface area contributed by atoms with Crippen molar-refractivity contribution in [3.8, 4) is 0 Å².